The normalized spacial score (nSPS) is 12.2. The third kappa shape index (κ3) is 6.66. The molecule has 0 spiro atoms. The van der Waals surface area contributed by atoms with Gasteiger partial charge in [0.1, 0.15) is 0 Å². The topological polar surface area (TPSA) is 55.1 Å². The van der Waals surface area contributed by atoms with E-state index in [0.29, 0.717) is 11.4 Å². The molecule has 1 aromatic rings. The van der Waals surface area contributed by atoms with Gasteiger partial charge in [0.25, 0.3) is 0 Å². The first-order valence-electron chi connectivity index (χ1n) is 7.00. The molecule has 0 aromatic heterocycles. The average Bonchev–Trinajstić information content (AvgIpc) is 2.40. The van der Waals surface area contributed by atoms with E-state index in [0.717, 1.165) is 15.8 Å². The van der Waals surface area contributed by atoms with Crippen LogP contribution in [0.15, 0.2) is 27.6 Å². The van der Waals surface area contributed by atoms with E-state index in [4.69, 9.17) is 5.73 Å². The van der Waals surface area contributed by atoms with Crippen molar-refractivity contribution in [3.05, 3.63) is 22.7 Å². The van der Waals surface area contributed by atoms with Gasteiger partial charge in [0, 0.05) is 21.1 Å². The number of carbonyl (C=O) groups excluding carboxylic acids is 1. The van der Waals surface area contributed by atoms with E-state index in [-0.39, 0.29) is 11.9 Å². The molecule has 0 bridgehead atoms. The van der Waals surface area contributed by atoms with Gasteiger partial charge >= 0.3 is 0 Å². The molecular formula is C15H23BrN2OS. The number of hydrogen-bond acceptors (Lipinski definition) is 3. The van der Waals surface area contributed by atoms with Crippen LogP contribution in [-0.4, -0.2) is 17.7 Å². The quantitative estimate of drug-likeness (QED) is 0.415. The number of amides is 1. The zero-order valence-corrected chi connectivity index (χ0v) is 14.5. The molecule has 0 fully saturated rings. The Morgan fingerprint density at radius 2 is 2.20 bits per heavy atom. The van der Waals surface area contributed by atoms with E-state index < -0.39 is 0 Å². The Hall–Kier alpha value is -0.680. The molecule has 0 saturated heterocycles. The summed E-state index contributed by atoms with van der Waals surface area (Å²) in [4.78, 5) is 12.8. The molecule has 1 amide bonds. The van der Waals surface area contributed by atoms with E-state index in [2.05, 4.69) is 35.1 Å². The second-order valence-electron chi connectivity index (χ2n) is 4.94. The second-order valence-corrected chi connectivity index (χ2v) is 6.87. The molecule has 112 valence electrons. The lowest BCUT2D eigenvalue weighted by atomic mass is 10.1. The van der Waals surface area contributed by atoms with Crippen molar-refractivity contribution in [2.75, 3.05) is 11.5 Å². The predicted molar refractivity (Wildman–Crippen MR) is 91.0 cm³/mol. The molecule has 0 heterocycles. The van der Waals surface area contributed by atoms with Gasteiger partial charge < -0.3 is 11.1 Å². The molecule has 0 aliphatic heterocycles. The summed E-state index contributed by atoms with van der Waals surface area (Å²) >= 11 is 4.88. The highest BCUT2D eigenvalue weighted by Gasteiger charge is 2.09. The van der Waals surface area contributed by atoms with Gasteiger partial charge in [-0.25, -0.2) is 0 Å². The highest BCUT2D eigenvalue weighted by atomic mass is 79.9. The zero-order valence-electron chi connectivity index (χ0n) is 12.1. The van der Waals surface area contributed by atoms with Crippen LogP contribution < -0.4 is 11.1 Å². The summed E-state index contributed by atoms with van der Waals surface area (Å²) in [6.07, 6.45) is 4.65. The number of nitrogens with one attached hydrogen (secondary N) is 1. The maximum atomic E-state index is 11.9. The number of rotatable bonds is 8. The van der Waals surface area contributed by atoms with Crippen molar-refractivity contribution in [2.24, 2.45) is 0 Å². The molecule has 1 atom stereocenters. The molecule has 0 saturated carbocycles. The smallest absolute Gasteiger partial charge is 0.230 e. The SMILES string of the molecule is CCCCCC(C)NC(=O)CSc1cc(Br)ccc1N. The lowest BCUT2D eigenvalue weighted by Crippen LogP contribution is -2.33. The van der Waals surface area contributed by atoms with Gasteiger partial charge in [-0.1, -0.05) is 42.1 Å². The predicted octanol–water partition coefficient (Wildman–Crippen LogP) is 4.21. The first-order chi connectivity index (χ1) is 9.52. The molecule has 3 nitrogen and oxygen atoms in total. The molecule has 1 aromatic carbocycles. The molecular weight excluding hydrogens is 336 g/mol. The highest BCUT2D eigenvalue weighted by molar-refractivity contribution is 9.10. The summed E-state index contributed by atoms with van der Waals surface area (Å²) in [6.45, 7) is 4.24. The maximum absolute atomic E-state index is 11.9. The molecule has 0 aliphatic rings. The van der Waals surface area contributed by atoms with Crippen LogP contribution in [0.2, 0.25) is 0 Å². The summed E-state index contributed by atoms with van der Waals surface area (Å²) in [5.74, 6) is 0.469. The van der Waals surface area contributed by atoms with E-state index in [1.54, 1.807) is 0 Å². The number of thioether (sulfide) groups is 1. The van der Waals surface area contributed by atoms with Crippen LogP contribution in [0.1, 0.15) is 39.5 Å². The number of hydrogen-bond donors (Lipinski definition) is 2. The van der Waals surface area contributed by atoms with Crippen molar-refractivity contribution >= 4 is 39.3 Å². The highest BCUT2D eigenvalue weighted by Crippen LogP contribution is 2.28. The van der Waals surface area contributed by atoms with Crippen molar-refractivity contribution in [1.29, 1.82) is 0 Å². The summed E-state index contributed by atoms with van der Waals surface area (Å²) in [5.41, 5.74) is 6.59. The van der Waals surface area contributed by atoms with Gasteiger partial charge in [0.2, 0.25) is 5.91 Å². The van der Waals surface area contributed by atoms with Gasteiger partial charge in [0.15, 0.2) is 0 Å². The van der Waals surface area contributed by atoms with Gasteiger partial charge in [-0.15, -0.1) is 11.8 Å². The number of nitrogens with two attached hydrogens (primary N) is 1. The first-order valence-corrected chi connectivity index (χ1v) is 8.78. The molecule has 0 radical (unpaired) electrons. The lowest BCUT2D eigenvalue weighted by Gasteiger charge is -2.13. The summed E-state index contributed by atoms with van der Waals surface area (Å²) in [6, 6.07) is 5.93. The molecule has 0 aliphatic carbocycles. The van der Waals surface area contributed by atoms with E-state index in [9.17, 15) is 4.79 Å². The van der Waals surface area contributed by atoms with E-state index in [1.165, 1.54) is 31.0 Å². The fraction of sp³-hybridized carbons (Fsp3) is 0.533. The van der Waals surface area contributed by atoms with Crippen molar-refractivity contribution < 1.29 is 4.79 Å². The second kappa shape index (κ2) is 9.29. The van der Waals surface area contributed by atoms with Crippen LogP contribution in [0.25, 0.3) is 0 Å². The largest absolute Gasteiger partial charge is 0.398 e. The van der Waals surface area contributed by atoms with Crippen molar-refractivity contribution in [3.8, 4) is 0 Å². The van der Waals surface area contributed by atoms with Gasteiger partial charge in [-0.2, -0.15) is 0 Å². The molecule has 1 rings (SSSR count). The Kier molecular flexibility index (Phi) is 8.07. The lowest BCUT2D eigenvalue weighted by molar-refractivity contribution is -0.119. The Bertz CT molecular complexity index is 440. The minimum absolute atomic E-state index is 0.0679. The average molecular weight is 359 g/mol. The Morgan fingerprint density at radius 3 is 2.90 bits per heavy atom. The third-order valence-electron chi connectivity index (χ3n) is 2.98. The number of anilines is 1. The minimum atomic E-state index is 0.0679. The van der Waals surface area contributed by atoms with Crippen LogP contribution in [0.5, 0.6) is 0 Å². The summed E-state index contributed by atoms with van der Waals surface area (Å²) < 4.78 is 0.975. The number of nitrogen functional groups attached to an aromatic ring is 1. The van der Waals surface area contributed by atoms with Gasteiger partial charge in [0.05, 0.1) is 5.75 Å². The number of halogens is 1. The molecule has 3 N–H and O–H groups in total. The van der Waals surface area contributed by atoms with Crippen molar-refractivity contribution in [1.82, 2.24) is 5.32 Å². The Labute approximate surface area is 134 Å². The molecule has 20 heavy (non-hydrogen) atoms. The van der Waals surface area contributed by atoms with Crippen molar-refractivity contribution in [2.45, 2.75) is 50.5 Å². The monoisotopic (exact) mass is 358 g/mol. The van der Waals surface area contributed by atoms with Crippen LogP contribution in [0, 0.1) is 0 Å². The first kappa shape index (κ1) is 17.4. The summed E-state index contributed by atoms with van der Waals surface area (Å²) in [7, 11) is 0. The summed E-state index contributed by atoms with van der Waals surface area (Å²) in [5, 5.41) is 3.03. The zero-order chi connectivity index (χ0) is 15.0. The van der Waals surface area contributed by atoms with Gasteiger partial charge in [-0.3, -0.25) is 4.79 Å². The minimum Gasteiger partial charge on any atom is -0.398 e. The Balaban J connectivity index is 2.34. The van der Waals surface area contributed by atoms with E-state index in [1.807, 2.05) is 18.2 Å². The standard InChI is InChI=1S/C15H23BrN2OS/c1-3-4-5-6-11(2)18-15(19)10-20-14-9-12(16)7-8-13(14)17/h7-9,11H,3-6,10,17H2,1-2H3,(H,18,19). The maximum Gasteiger partial charge on any atom is 0.230 e. The fourth-order valence-electron chi connectivity index (χ4n) is 1.87. The van der Waals surface area contributed by atoms with Crippen molar-refractivity contribution in [3.63, 3.8) is 0 Å². The van der Waals surface area contributed by atoms with Crippen LogP contribution in [-0.2, 0) is 4.79 Å². The Morgan fingerprint density at radius 1 is 1.45 bits per heavy atom. The molecule has 5 heteroatoms. The van der Waals surface area contributed by atoms with Crippen LogP contribution in [0.3, 0.4) is 0 Å². The number of unbranched alkanes of at least 4 members (excludes halogenated alkanes) is 2. The van der Waals surface area contributed by atoms with Crippen LogP contribution in [0.4, 0.5) is 5.69 Å². The molecule has 1 unspecified atom stereocenters. The third-order valence-corrected chi connectivity index (χ3v) is 4.55. The number of benzene rings is 1. The number of carbonyl (C=O) groups is 1. The van der Waals surface area contributed by atoms with E-state index >= 15 is 0 Å². The van der Waals surface area contributed by atoms with Gasteiger partial charge in [-0.05, 0) is 31.5 Å². The fourth-order valence-corrected chi connectivity index (χ4v) is 3.19. The van der Waals surface area contributed by atoms with Crippen LogP contribution >= 0.6 is 27.7 Å².